The Morgan fingerprint density at radius 2 is 2.14 bits per heavy atom. The first-order chi connectivity index (χ1) is 9.99. The third kappa shape index (κ3) is 3.41. The number of thiazole rings is 1. The molecule has 2 aromatic heterocycles. The molecule has 0 fully saturated rings. The van der Waals surface area contributed by atoms with Crippen LogP contribution >= 0.6 is 11.3 Å². The van der Waals surface area contributed by atoms with E-state index >= 15 is 0 Å². The quantitative estimate of drug-likeness (QED) is 0.820. The summed E-state index contributed by atoms with van der Waals surface area (Å²) in [4.78, 5) is 28.3. The number of rotatable bonds is 7. The van der Waals surface area contributed by atoms with Crippen molar-refractivity contribution in [1.29, 1.82) is 0 Å². The van der Waals surface area contributed by atoms with Crippen molar-refractivity contribution in [3.05, 3.63) is 23.5 Å². The Hall–Kier alpha value is -1.89. The molecule has 7 heteroatoms. The molecule has 0 bridgehead atoms. The second-order valence-corrected chi connectivity index (χ2v) is 5.93. The topological polar surface area (TPSA) is 83.7 Å². The highest BCUT2D eigenvalue weighted by Crippen LogP contribution is 2.21. The van der Waals surface area contributed by atoms with E-state index in [9.17, 15) is 9.59 Å². The van der Waals surface area contributed by atoms with Gasteiger partial charge in [-0.1, -0.05) is 13.8 Å². The summed E-state index contributed by atoms with van der Waals surface area (Å²) in [7, 11) is 0. The van der Waals surface area contributed by atoms with Crippen molar-refractivity contribution in [2.45, 2.75) is 45.1 Å². The predicted octanol–water partition coefficient (Wildman–Crippen LogP) is 2.09. The van der Waals surface area contributed by atoms with Crippen molar-refractivity contribution in [1.82, 2.24) is 14.7 Å². The molecule has 1 amide bonds. The maximum atomic E-state index is 12.3. The molecule has 0 radical (unpaired) electrons. The van der Waals surface area contributed by atoms with Crippen LogP contribution in [-0.4, -0.2) is 31.9 Å². The van der Waals surface area contributed by atoms with E-state index in [1.165, 1.54) is 11.3 Å². The van der Waals surface area contributed by atoms with Crippen molar-refractivity contribution in [2.75, 3.05) is 0 Å². The minimum Gasteiger partial charge on any atom is -0.481 e. The molecule has 6 nitrogen and oxygen atoms in total. The molecule has 0 atom stereocenters. The van der Waals surface area contributed by atoms with Crippen LogP contribution in [-0.2, 0) is 16.0 Å². The fourth-order valence-corrected chi connectivity index (χ4v) is 3.27. The molecule has 0 saturated carbocycles. The fraction of sp³-hybridized carbons (Fsp3) is 0.500. The molecule has 2 N–H and O–H groups in total. The van der Waals surface area contributed by atoms with Crippen LogP contribution in [0.1, 0.15) is 38.8 Å². The van der Waals surface area contributed by atoms with E-state index in [1.54, 1.807) is 6.20 Å². The van der Waals surface area contributed by atoms with Crippen LogP contribution in [0.25, 0.3) is 4.96 Å². The normalized spacial score (nSPS) is 11.7. The number of carboxylic acid groups (broad SMARTS) is 1. The summed E-state index contributed by atoms with van der Waals surface area (Å²) in [6.07, 6.45) is 4.85. The van der Waals surface area contributed by atoms with Gasteiger partial charge in [0.05, 0.1) is 12.8 Å². The van der Waals surface area contributed by atoms with E-state index in [-0.39, 0.29) is 18.7 Å². The number of hydrogen-bond acceptors (Lipinski definition) is 4. The van der Waals surface area contributed by atoms with Gasteiger partial charge in [0.2, 0.25) is 5.91 Å². The van der Waals surface area contributed by atoms with Gasteiger partial charge in [-0.25, -0.2) is 4.98 Å². The number of nitrogens with zero attached hydrogens (tertiary/aromatic N) is 2. The number of fused-ring (bicyclic) bond motifs is 1. The Morgan fingerprint density at radius 1 is 1.43 bits per heavy atom. The monoisotopic (exact) mass is 309 g/mol. The standard InChI is InChI=1S/C14H19N3O3S/c1-3-14(4-2,8-12(19)20)16-11(18)7-10-9-21-13-15-5-6-17(10)13/h5-6,9H,3-4,7-8H2,1-2H3,(H,16,18)(H,19,20). The largest absolute Gasteiger partial charge is 0.481 e. The van der Waals surface area contributed by atoms with Gasteiger partial charge < -0.3 is 10.4 Å². The first kappa shape index (κ1) is 15.5. The van der Waals surface area contributed by atoms with Gasteiger partial charge in [0, 0.05) is 29.0 Å². The molecule has 0 aliphatic rings. The van der Waals surface area contributed by atoms with E-state index in [0.29, 0.717) is 12.8 Å². The van der Waals surface area contributed by atoms with E-state index < -0.39 is 11.5 Å². The number of carbonyl (C=O) groups is 2. The molecular formula is C14H19N3O3S. The van der Waals surface area contributed by atoms with Crippen molar-refractivity contribution in [3.8, 4) is 0 Å². The lowest BCUT2D eigenvalue weighted by atomic mass is 9.88. The second-order valence-electron chi connectivity index (χ2n) is 5.09. The van der Waals surface area contributed by atoms with Crippen molar-refractivity contribution in [2.24, 2.45) is 0 Å². The van der Waals surface area contributed by atoms with Gasteiger partial charge in [0.25, 0.3) is 0 Å². The molecule has 0 saturated heterocycles. The smallest absolute Gasteiger partial charge is 0.305 e. The highest BCUT2D eigenvalue weighted by Gasteiger charge is 2.31. The van der Waals surface area contributed by atoms with E-state index in [1.807, 2.05) is 29.8 Å². The summed E-state index contributed by atoms with van der Waals surface area (Å²) < 4.78 is 1.88. The molecule has 21 heavy (non-hydrogen) atoms. The van der Waals surface area contributed by atoms with Gasteiger partial charge in [0.15, 0.2) is 4.96 Å². The Balaban J connectivity index is 2.09. The average Bonchev–Trinajstić information content (AvgIpc) is 3.02. The first-order valence-electron chi connectivity index (χ1n) is 6.92. The van der Waals surface area contributed by atoms with Crippen LogP contribution in [0.5, 0.6) is 0 Å². The van der Waals surface area contributed by atoms with Crippen molar-refractivity contribution in [3.63, 3.8) is 0 Å². The zero-order valence-electron chi connectivity index (χ0n) is 12.1. The van der Waals surface area contributed by atoms with Gasteiger partial charge in [-0.2, -0.15) is 0 Å². The summed E-state index contributed by atoms with van der Waals surface area (Å²) in [6.45, 7) is 3.79. The third-order valence-corrected chi connectivity index (χ3v) is 4.71. The summed E-state index contributed by atoms with van der Waals surface area (Å²) in [5.41, 5.74) is 0.189. The lowest BCUT2D eigenvalue weighted by Crippen LogP contribution is -2.49. The number of imidazole rings is 1. The van der Waals surface area contributed by atoms with Gasteiger partial charge >= 0.3 is 5.97 Å². The van der Waals surface area contributed by atoms with Crippen LogP contribution in [0.2, 0.25) is 0 Å². The predicted molar refractivity (Wildman–Crippen MR) is 80.5 cm³/mol. The Kier molecular flexibility index (Phi) is 4.62. The van der Waals surface area contributed by atoms with Crippen molar-refractivity contribution < 1.29 is 14.7 Å². The Labute approximate surface area is 126 Å². The minimum absolute atomic E-state index is 0.0597. The van der Waals surface area contributed by atoms with Gasteiger partial charge in [0.1, 0.15) is 0 Å². The summed E-state index contributed by atoms with van der Waals surface area (Å²) >= 11 is 1.48. The Bertz CT molecular complexity index is 643. The number of carboxylic acids is 1. The molecule has 114 valence electrons. The average molecular weight is 309 g/mol. The zero-order valence-corrected chi connectivity index (χ0v) is 12.9. The highest BCUT2D eigenvalue weighted by atomic mass is 32.1. The Morgan fingerprint density at radius 3 is 2.76 bits per heavy atom. The SMILES string of the molecule is CCC(CC)(CC(=O)O)NC(=O)Cc1csc2nccn12. The van der Waals surface area contributed by atoms with E-state index in [2.05, 4.69) is 10.3 Å². The van der Waals surface area contributed by atoms with Crippen LogP contribution < -0.4 is 5.32 Å². The molecule has 0 aliphatic heterocycles. The number of carbonyl (C=O) groups excluding carboxylic acids is 1. The van der Waals surface area contributed by atoms with E-state index in [4.69, 9.17) is 5.11 Å². The van der Waals surface area contributed by atoms with Crippen LogP contribution in [0.15, 0.2) is 17.8 Å². The molecular weight excluding hydrogens is 290 g/mol. The molecule has 0 spiro atoms. The lowest BCUT2D eigenvalue weighted by Gasteiger charge is -2.31. The third-order valence-electron chi connectivity index (χ3n) is 3.81. The van der Waals surface area contributed by atoms with Crippen LogP contribution in [0.4, 0.5) is 0 Å². The van der Waals surface area contributed by atoms with E-state index in [0.717, 1.165) is 10.7 Å². The number of aromatic nitrogens is 2. The van der Waals surface area contributed by atoms with Gasteiger partial charge in [-0.3, -0.25) is 14.0 Å². The van der Waals surface area contributed by atoms with Crippen LogP contribution in [0, 0.1) is 0 Å². The molecule has 2 rings (SSSR count). The molecule has 0 unspecified atom stereocenters. The van der Waals surface area contributed by atoms with Gasteiger partial charge in [-0.15, -0.1) is 11.3 Å². The summed E-state index contributed by atoms with van der Waals surface area (Å²) in [6, 6.07) is 0. The molecule has 0 aliphatic carbocycles. The number of nitrogens with one attached hydrogen (secondary N) is 1. The summed E-state index contributed by atoms with van der Waals surface area (Å²) in [5.74, 6) is -1.06. The molecule has 2 aromatic rings. The maximum Gasteiger partial charge on any atom is 0.305 e. The number of aliphatic carboxylic acids is 1. The highest BCUT2D eigenvalue weighted by molar-refractivity contribution is 7.15. The fourth-order valence-electron chi connectivity index (χ4n) is 2.41. The van der Waals surface area contributed by atoms with Crippen molar-refractivity contribution >= 4 is 28.2 Å². The lowest BCUT2D eigenvalue weighted by molar-refractivity contribution is -0.139. The summed E-state index contributed by atoms with van der Waals surface area (Å²) in [5, 5.41) is 13.8. The number of hydrogen-bond donors (Lipinski definition) is 2. The second kappa shape index (κ2) is 6.26. The van der Waals surface area contributed by atoms with Crippen LogP contribution in [0.3, 0.4) is 0 Å². The molecule has 0 aromatic carbocycles. The maximum absolute atomic E-state index is 12.3. The zero-order chi connectivity index (χ0) is 15.5. The van der Waals surface area contributed by atoms with Gasteiger partial charge in [-0.05, 0) is 12.8 Å². The molecule has 2 heterocycles. The minimum atomic E-state index is -0.897. The first-order valence-corrected chi connectivity index (χ1v) is 7.80. The number of amides is 1.